The first-order valence-corrected chi connectivity index (χ1v) is 7.49. The lowest BCUT2D eigenvalue weighted by Crippen LogP contribution is -2.37. The zero-order chi connectivity index (χ0) is 16.7. The zero-order valence-corrected chi connectivity index (χ0v) is 13.2. The number of primary amides is 1. The Morgan fingerprint density at radius 2 is 1.83 bits per heavy atom. The summed E-state index contributed by atoms with van der Waals surface area (Å²) in [6.07, 6.45) is 0.198. The molecule has 2 rings (SSSR count). The number of nitrogens with one attached hydrogen (secondary N) is 1. The number of carbonyl (C=O) groups is 2. The molecular formula is C18H21N3O2. The van der Waals surface area contributed by atoms with E-state index < -0.39 is 6.03 Å². The van der Waals surface area contributed by atoms with E-state index >= 15 is 0 Å². The fourth-order valence-electron chi connectivity index (χ4n) is 2.36. The summed E-state index contributed by atoms with van der Waals surface area (Å²) in [7, 11) is 0. The average molecular weight is 311 g/mol. The summed E-state index contributed by atoms with van der Waals surface area (Å²) in [5.41, 5.74) is 8.32. The molecule has 0 aliphatic heterocycles. The van der Waals surface area contributed by atoms with Crippen LogP contribution in [0.2, 0.25) is 0 Å². The van der Waals surface area contributed by atoms with Crippen LogP contribution in [0.15, 0.2) is 54.6 Å². The van der Waals surface area contributed by atoms with Crippen molar-refractivity contribution in [1.29, 1.82) is 0 Å². The molecule has 0 unspecified atom stereocenters. The van der Waals surface area contributed by atoms with Crippen LogP contribution in [0.3, 0.4) is 0 Å². The maximum atomic E-state index is 11.7. The van der Waals surface area contributed by atoms with Gasteiger partial charge in [-0.15, -0.1) is 0 Å². The lowest BCUT2D eigenvalue weighted by Gasteiger charge is -2.25. The highest BCUT2D eigenvalue weighted by atomic mass is 16.2. The van der Waals surface area contributed by atoms with Gasteiger partial charge in [-0.05, 0) is 30.2 Å². The third-order valence-corrected chi connectivity index (χ3v) is 3.45. The molecule has 0 aliphatic rings. The third-order valence-electron chi connectivity index (χ3n) is 3.45. The Labute approximate surface area is 136 Å². The van der Waals surface area contributed by atoms with Crippen LogP contribution in [0.4, 0.5) is 10.5 Å². The van der Waals surface area contributed by atoms with Gasteiger partial charge in [0.2, 0.25) is 5.91 Å². The lowest BCUT2D eigenvalue weighted by atomic mass is 10.1. The largest absolute Gasteiger partial charge is 0.367 e. The van der Waals surface area contributed by atoms with Crippen molar-refractivity contribution in [1.82, 2.24) is 5.32 Å². The van der Waals surface area contributed by atoms with Crippen LogP contribution in [0.5, 0.6) is 0 Å². The first kappa shape index (κ1) is 16.5. The average Bonchev–Trinajstić information content (AvgIpc) is 2.51. The fraction of sp³-hybridized carbons (Fsp3) is 0.222. The second-order valence-corrected chi connectivity index (χ2v) is 5.41. The van der Waals surface area contributed by atoms with Gasteiger partial charge in [0.25, 0.3) is 0 Å². The number of anilines is 1. The highest BCUT2D eigenvalue weighted by Crippen LogP contribution is 2.19. The molecule has 0 fully saturated rings. The number of rotatable bonds is 6. The number of urea groups is 1. The van der Waals surface area contributed by atoms with Gasteiger partial charge in [-0.25, -0.2) is 4.79 Å². The first-order valence-electron chi connectivity index (χ1n) is 7.49. The van der Waals surface area contributed by atoms with Gasteiger partial charge in [0.15, 0.2) is 0 Å². The van der Waals surface area contributed by atoms with E-state index in [-0.39, 0.29) is 12.3 Å². The van der Waals surface area contributed by atoms with Crippen molar-refractivity contribution < 1.29 is 9.59 Å². The molecular weight excluding hydrogens is 290 g/mol. The number of nitrogens with zero attached hydrogens (tertiary/aromatic N) is 1. The van der Waals surface area contributed by atoms with Crippen LogP contribution in [-0.2, 0) is 11.3 Å². The third kappa shape index (κ3) is 5.47. The highest BCUT2D eigenvalue weighted by Gasteiger charge is 2.11. The molecule has 0 saturated carbocycles. The topological polar surface area (TPSA) is 75.4 Å². The van der Waals surface area contributed by atoms with E-state index in [4.69, 9.17) is 5.73 Å². The Balaban J connectivity index is 2.11. The number of hydrogen-bond acceptors (Lipinski definition) is 3. The van der Waals surface area contributed by atoms with Crippen molar-refractivity contribution in [2.24, 2.45) is 5.73 Å². The maximum Gasteiger partial charge on any atom is 0.318 e. The van der Waals surface area contributed by atoms with Crippen molar-refractivity contribution >= 4 is 17.6 Å². The standard InChI is InChI=1S/C18H21N3O2/c1-14-6-5-9-16(12-14)21(11-10-17(22)20-18(19)23)13-15-7-3-2-4-8-15/h2-9,12H,10-11,13H2,1H3,(H3,19,20,22,23). The van der Waals surface area contributed by atoms with Crippen molar-refractivity contribution in [2.75, 3.05) is 11.4 Å². The molecule has 5 heteroatoms. The summed E-state index contributed by atoms with van der Waals surface area (Å²) < 4.78 is 0. The van der Waals surface area contributed by atoms with Gasteiger partial charge < -0.3 is 10.6 Å². The summed E-state index contributed by atoms with van der Waals surface area (Å²) in [4.78, 5) is 24.5. The number of aryl methyl sites for hydroxylation is 1. The van der Waals surface area contributed by atoms with Gasteiger partial charge >= 0.3 is 6.03 Å². The summed E-state index contributed by atoms with van der Waals surface area (Å²) in [5.74, 6) is -0.372. The smallest absolute Gasteiger partial charge is 0.318 e. The number of benzene rings is 2. The van der Waals surface area contributed by atoms with E-state index in [0.717, 1.165) is 16.8 Å². The summed E-state index contributed by atoms with van der Waals surface area (Å²) in [6, 6.07) is 17.3. The second kappa shape index (κ2) is 7.98. The van der Waals surface area contributed by atoms with Crippen LogP contribution >= 0.6 is 0 Å². The van der Waals surface area contributed by atoms with Gasteiger partial charge in [-0.3, -0.25) is 10.1 Å². The molecule has 120 valence electrons. The molecule has 0 saturated heterocycles. The molecule has 3 amide bonds. The molecule has 2 aromatic rings. The van der Waals surface area contributed by atoms with Crippen molar-refractivity contribution in [2.45, 2.75) is 19.9 Å². The molecule has 0 bridgehead atoms. The van der Waals surface area contributed by atoms with Gasteiger partial charge in [0.05, 0.1) is 0 Å². The van der Waals surface area contributed by atoms with Crippen LogP contribution in [0.25, 0.3) is 0 Å². The fourth-order valence-corrected chi connectivity index (χ4v) is 2.36. The Hall–Kier alpha value is -2.82. The molecule has 0 atom stereocenters. The van der Waals surface area contributed by atoms with E-state index in [1.807, 2.05) is 55.5 Å². The molecule has 2 aromatic carbocycles. The van der Waals surface area contributed by atoms with E-state index in [0.29, 0.717) is 13.1 Å². The number of carbonyl (C=O) groups excluding carboxylic acids is 2. The monoisotopic (exact) mass is 311 g/mol. The van der Waals surface area contributed by atoms with Gasteiger partial charge in [0.1, 0.15) is 0 Å². The quantitative estimate of drug-likeness (QED) is 0.861. The van der Waals surface area contributed by atoms with E-state index in [1.165, 1.54) is 0 Å². The van der Waals surface area contributed by atoms with Crippen molar-refractivity contribution in [3.05, 3.63) is 65.7 Å². The predicted molar refractivity (Wildman–Crippen MR) is 91.0 cm³/mol. The maximum absolute atomic E-state index is 11.7. The van der Waals surface area contributed by atoms with Gasteiger partial charge in [-0.2, -0.15) is 0 Å². The van der Waals surface area contributed by atoms with Crippen LogP contribution in [-0.4, -0.2) is 18.5 Å². The highest BCUT2D eigenvalue weighted by molar-refractivity contribution is 5.93. The number of imide groups is 1. The molecule has 23 heavy (non-hydrogen) atoms. The minimum Gasteiger partial charge on any atom is -0.367 e. The normalized spacial score (nSPS) is 10.1. The minimum atomic E-state index is -0.819. The van der Waals surface area contributed by atoms with E-state index in [9.17, 15) is 9.59 Å². The van der Waals surface area contributed by atoms with Crippen molar-refractivity contribution in [3.63, 3.8) is 0 Å². The Morgan fingerprint density at radius 1 is 1.09 bits per heavy atom. The molecule has 5 nitrogen and oxygen atoms in total. The Kier molecular flexibility index (Phi) is 5.74. The van der Waals surface area contributed by atoms with Gasteiger partial charge in [-0.1, -0.05) is 42.5 Å². The second-order valence-electron chi connectivity index (χ2n) is 5.41. The molecule has 0 radical (unpaired) electrons. The van der Waals surface area contributed by atoms with Crippen LogP contribution in [0, 0.1) is 6.92 Å². The molecule has 0 aromatic heterocycles. The van der Waals surface area contributed by atoms with E-state index in [1.54, 1.807) is 0 Å². The van der Waals surface area contributed by atoms with Crippen LogP contribution < -0.4 is 16.0 Å². The lowest BCUT2D eigenvalue weighted by molar-refractivity contribution is -0.119. The number of nitrogens with two attached hydrogens (primary N) is 1. The zero-order valence-electron chi connectivity index (χ0n) is 13.2. The molecule has 0 aliphatic carbocycles. The van der Waals surface area contributed by atoms with Crippen LogP contribution in [0.1, 0.15) is 17.5 Å². The molecule has 0 heterocycles. The van der Waals surface area contributed by atoms with Crippen molar-refractivity contribution in [3.8, 4) is 0 Å². The Bertz CT molecular complexity index is 671. The summed E-state index contributed by atoms with van der Waals surface area (Å²) in [6.45, 7) is 3.22. The van der Waals surface area contributed by atoms with E-state index in [2.05, 4.69) is 16.3 Å². The number of amides is 3. The Morgan fingerprint density at radius 3 is 2.48 bits per heavy atom. The predicted octanol–water partition coefficient (Wildman–Crippen LogP) is 2.59. The molecule has 0 spiro atoms. The SMILES string of the molecule is Cc1cccc(N(CCC(=O)NC(N)=O)Cc2ccccc2)c1. The minimum absolute atomic E-state index is 0.198. The first-order chi connectivity index (χ1) is 11.0. The molecule has 3 N–H and O–H groups in total. The number of hydrogen-bond donors (Lipinski definition) is 2. The van der Waals surface area contributed by atoms with Gasteiger partial charge in [0, 0.05) is 25.2 Å². The summed E-state index contributed by atoms with van der Waals surface area (Å²) in [5, 5.41) is 2.10. The summed E-state index contributed by atoms with van der Waals surface area (Å²) >= 11 is 0.